The number of hydrogen-bond acceptors (Lipinski definition) is 3. The molecule has 3 aromatic rings. The van der Waals surface area contributed by atoms with E-state index in [9.17, 15) is 4.79 Å². The lowest BCUT2D eigenvalue weighted by atomic mass is 9.91. The molecule has 0 unspecified atom stereocenters. The van der Waals surface area contributed by atoms with E-state index in [0.717, 1.165) is 47.6 Å². The fourth-order valence-electron chi connectivity index (χ4n) is 5.20. The lowest BCUT2D eigenvalue weighted by Crippen LogP contribution is -2.42. The first-order chi connectivity index (χ1) is 14.7. The Kier molecular flexibility index (Phi) is 5.87. The molecule has 0 radical (unpaired) electrons. The van der Waals surface area contributed by atoms with E-state index < -0.39 is 0 Å². The van der Waals surface area contributed by atoms with Crippen LogP contribution in [-0.2, 0) is 11.2 Å². The summed E-state index contributed by atoms with van der Waals surface area (Å²) in [5.41, 5.74) is 7.49. The molecule has 1 fully saturated rings. The number of aryl methyl sites for hydroxylation is 4. The molecule has 2 aromatic heterocycles. The summed E-state index contributed by atoms with van der Waals surface area (Å²) in [5, 5.41) is 5.90. The third-order valence-electron chi connectivity index (χ3n) is 6.66. The van der Waals surface area contributed by atoms with Crippen molar-refractivity contribution in [2.75, 3.05) is 13.1 Å². The van der Waals surface area contributed by atoms with Gasteiger partial charge in [-0.1, -0.05) is 31.5 Å². The minimum atomic E-state index is 0.268. The number of pyridine rings is 1. The first-order valence-electron chi connectivity index (χ1n) is 11.4. The van der Waals surface area contributed by atoms with Gasteiger partial charge in [0, 0.05) is 30.6 Å². The molecule has 0 saturated carbocycles. The van der Waals surface area contributed by atoms with Crippen LogP contribution in [0.3, 0.4) is 0 Å². The highest BCUT2D eigenvalue weighted by atomic mass is 16.2. The molecular weight excluding hydrogens is 384 g/mol. The predicted molar refractivity (Wildman–Crippen MR) is 126 cm³/mol. The zero-order chi connectivity index (χ0) is 22.3. The van der Waals surface area contributed by atoms with Crippen LogP contribution >= 0.6 is 0 Å². The Morgan fingerprint density at radius 1 is 1.00 bits per heavy atom. The lowest BCUT2D eigenvalue weighted by molar-refractivity contribution is -0.133. The molecule has 3 heterocycles. The molecule has 1 aliphatic rings. The second kappa shape index (κ2) is 8.45. The Labute approximate surface area is 185 Å². The average molecular weight is 419 g/mol. The number of fused-ring (bicyclic) bond motifs is 1. The molecule has 1 aliphatic heterocycles. The van der Waals surface area contributed by atoms with Crippen molar-refractivity contribution in [3.63, 3.8) is 0 Å². The number of carbonyl (C=O) groups excluding carboxylic acids is 1. The van der Waals surface area contributed by atoms with Crippen LogP contribution in [0.4, 0.5) is 0 Å². The molecule has 1 aromatic carbocycles. The van der Waals surface area contributed by atoms with E-state index in [0.29, 0.717) is 18.3 Å². The zero-order valence-electron chi connectivity index (χ0n) is 19.7. The van der Waals surface area contributed by atoms with Crippen LogP contribution in [0.5, 0.6) is 0 Å². The number of amides is 1. The van der Waals surface area contributed by atoms with Crippen LogP contribution in [-0.4, -0.2) is 38.7 Å². The van der Waals surface area contributed by atoms with Crippen molar-refractivity contribution in [1.82, 2.24) is 19.7 Å². The first-order valence-corrected chi connectivity index (χ1v) is 11.4. The number of carbonyl (C=O) groups is 1. The molecule has 164 valence electrons. The van der Waals surface area contributed by atoms with Crippen molar-refractivity contribution in [3.8, 4) is 5.69 Å². The van der Waals surface area contributed by atoms with Gasteiger partial charge in [-0.2, -0.15) is 5.10 Å². The van der Waals surface area contributed by atoms with Gasteiger partial charge in [0.2, 0.25) is 5.91 Å². The minimum Gasteiger partial charge on any atom is -0.342 e. The summed E-state index contributed by atoms with van der Waals surface area (Å²) in [4.78, 5) is 19.9. The average Bonchev–Trinajstić information content (AvgIpc) is 3.03. The highest BCUT2D eigenvalue weighted by molar-refractivity contribution is 5.85. The number of likely N-dealkylation sites (tertiary alicyclic amines) is 1. The second-order valence-electron chi connectivity index (χ2n) is 9.58. The molecule has 0 bridgehead atoms. The highest BCUT2D eigenvalue weighted by Crippen LogP contribution is 2.29. The SMILES string of the molecule is Cc1ccc(-n2nc(C)c3c(C)c(CCC(=O)N4C[C@H](C)C[C@@H](C)C4)c(C)nc32)cc1. The van der Waals surface area contributed by atoms with Gasteiger partial charge in [-0.3, -0.25) is 4.79 Å². The number of aromatic nitrogens is 3. The molecule has 0 spiro atoms. The summed E-state index contributed by atoms with van der Waals surface area (Å²) in [5.74, 6) is 1.44. The number of rotatable bonds is 4. The van der Waals surface area contributed by atoms with E-state index in [2.05, 4.69) is 63.8 Å². The van der Waals surface area contributed by atoms with Gasteiger partial charge in [-0.25, -0.2) is 9.67 Å². The summed E-state index contributed by atoms with van der Waals surface area (Å²) < 4.78 is 1.94. The Bertz CT molecular complexity index is 1100. The van der Waals surface area contributed by atoms with Crippen molar-refractivity contribution >= 4 is 16.9 Å². The van der Waals surface area contributed by atoms with Gasteiger partial charge in [0.05, 0.1) is 11.4 Å². The molecule has 4 rings (SSSR count). The van der Waals surface area contributed by atoms with Crippen LogP contribution in [0, 0.1) is 39.5 Å². The first kappa shape index (κ1) is 21.5. The fourth-order valence-corrected chi connectivity index (χ4v) is 5.20. The monoisotopic (exact) mass is 418 g/mol. The van der Waals surface area contributed by atoms with Crippen LogP contribution in [0.1, 0.15) is 54.8 Å². The summed E-state index contributed by atoms with van der Waals surface area (Å²) in [6, 6.07) is 8.36. The molecule has 0 aliphatic carbocycles. The Hall–Kier alpha value is -2.69. The van der Waals surface area contributed by atoms with Gasteiger partial charge in [0.25, 0.3) is 0 Å². The number of benzene rings is 1. The maximum absolute atomic E-state index is 12.9. The predicted octanol–water partition coefficient (Wildman–Crippen LogP) is 5.09. The third-order valence-corrected chi connectivity index (χ3v) is 6.66. The Balaban J connectivity index is 1.61. The molecule has 0 N–H and O–H groups in total. The van der Waals surface area contributed by atoms with E-state index in [1.165, 1.54) is 23.1 Å². The van der Waals surface area contributed by atoms with Crippen LogP contribution in [0.25, 0.3) is 16.7 Å². The van der Waals surface area contributed by atoms with Crippen LogP contribution < -0.4 is 0 Å². The maximum atomic E-state index is 12.9. The van der Waals surface area contributed by atoms with Crippen molar-refractivity contribution in [3.05, 3.63) is 52.3 Å². The number of hydrogen-bond donors (Lipinski definition) is 0. The fraction of sp³-hybridized carbons (Fsp3) is 0.500. The van der Waals surface area contributed by atoms with Gasteiger partial charge in [0.1, 0.15) is 0 Å². The zero-order valence-corrected chi connectivity index (χ0v) is 19.7. The van der Waals surface area contributed by atoms with Crippen molar-refractivity contribution in [2.24, 2.45) is 11.8 Å². The summed E-state index contributed by atoms with van der Waals surface area (Å²) in [7, 11) is 0. The molecule has 1 saturated heterocycles. The van der Waals surface area contributed by atoms with Crippen LogP contribution in [0.2, 0.25) is 0 Å². The number of piperidine rings is 1. The van der Waals surface area contributed by atoms with Gasteiger partial charge < -0.3 is 4.90 Å². The largest absolute Gasteiger partial charge is 0.342 e. The van der Waals surface area contributed by atoms with Gasteiger partial charge in [-0.15, -0.1) is 0 Å². The van der Waals surface area contributed by atoms with E-state index in [1.807, 2.05) is 11.6 Å². The quantitative estimate of drug-likeness (QED) is 0.593. The summed E-state index contributed by atoms with van der Waals surface area (Å²) in [6.45, 7) is 14.6. The molecule has 5 heteroatoms. The molecule has 1 amide bonds. The minimum absolute atomic E-state index is 0.268. The van der Waals surface area contributed by atoms with E-state index in [4.69, 9.17) is 10.1 Å². The third kappa shape index (κ3) is 4.23. The highest BCUT2D eigenvalue weighted by Gasteiger charge is 2.25. The van der Waals surface area contributed by atoms with Crippen molar-refractivity contribution in [2.45, 2.75) is 60.8 Å². The molecular formula is C26H34N4O. The van der Waals surface area contributed by atoms with E-state index >= 15 is 0 Å². The molecule has 2 atom stereocenters. The molecule has 31 heavy (non-hydrogen) atoms. The van der Waals surface area contributed by atoms with Crippen LogP contribution in [0.15, 0.2) is 24.3 Å². The Morgan fingerprint density at radius 3 is 2.29 bits per heavy atom. The summed E-state index contributed by atoms with van der Waals surface area (Å²) in [6.07, 6.45) is 2.49. The van der Waals surface area contributed by atoms with Gasteiger partial charge in [0.15, 0.2) is 5.65 Å². The lowest BCUT2D eigenvalue weighted by Gasteiger charge is -2.35. The smallest absolute Gasteiger partial charge is 0.222 e. The second-order valence-corrected chi connectivity index (χ2v) is 9.58. The van der Waals surface area contributed by atoms with Gasteiger partial charge >= 0.3 is 0 Å². The van der Waals surface area contributed by atoms with Crippen molar-refractivity contribution < 1.29 is 4.79 Å². The normalized spacial score (nSPS) is 19.2. The topological polar surface area (TPSA) is 51.0 Å². The maximum Gasteiger partial charge on any atom is 0.222 e. The number of nitrogens with zero attached hydrogens (tertiary/aromatic N) is 4. The van der Waals surface area contributed by atoms with E-state index in [-0.39, 0.29) is 5.91 Å². The Morgan fingerprint density at radius 2 is 1.65 bits per heavy atom. The summed E-state index contributed by atoms with van der Waals surface area (Å²) >= 11 is 0. The van der Waals surface area contributed by atoms with Crippen molar-refractivity contribution in [1.29, 1.82) is 0 Å². The standard InChI is InChI=1S/C26H34N4O/c1-16-7-9-22(10-8-16)30-26-25(21(6)28-30)19(4)23(20(5)27-26)11-12-24(31)29-14-17(2)13-18(3)15-29/h7-10,17-18H,11-15H2,1-6H3/t17-,18-/m1/s1. The molecule has 5 nitrogen and oxygen atoms in total. The van der Waals surface area contributed by atoms with E-state index in [1.54, 1.807) is 0 Å². The van der Waals surface area contributed by atoms with Gasteiger partial charge in [-0.05, 0) is 75.6 Å².